The number of nitrogens with zero attached hydrogens (tertiary/aromatic N) is 3. The number of hydrogen-bond donors (Lipinski definition) is 2. The average Bonchev–Trinajstić information content (AvgIpc) is 3.51. The maximum absolute atomic E-state index is 5.94. The van der Waals surface area contributed by atoms with Crippen molar-refractivity contribution in [1.82, 2.24) is 25.4 Å². The van der Waals surface area contributed by atoms with Gasteiger partial charge in [0, 0.05) is 22.9 Å². The maximum atomic E-state index is 5.94. The molecule has 0 unspecified atom stereocenters. The molecule has 0 aliphatic carbocycles. The molecular weight excluding hydrogens is 438 g/mol. The molecule has 178 valence electrons. The number of benzene rings is 3. The highest BCUT2D eigenvalue weighted by molar-refractivity contribution is 5.95. The monoisotopic (exact) mass is 467 g/mol. The van der Waals surface area contributed by atoms with Gasteiger partial charge < -0.3 is 9.47 Å². The van der Waals surface area contributed by atoms with E-state index in [2.05, 4.69) is 57.4 Å². The summed E-state index contributed by atoms with van der Waals surface area (Å²) in [5.41, 5.74) is 4.91. The number of aromatic nitrogens is 5. The van der Waals surface area contributed by atoms with E-state index in [0.29, 0.717) is 31.6 Å². The lowest BCUT2D eigenvalue weighted by molar-refractivity contribution is 0.0889. The van der Waals surface area contributed by atoms with Crippen LogP contribution in [0.2, 0.25) is 0 Å². The number of hydrogen-bond acceptors (Lipinski definition) is 5. The van der Waals surface area contributed by atoms with Crippen LogP contribution in [0.25, 0.3) is 33.5 Å². The summed E-state index contributed by atoms with van der Waals surface area (Å²) >= 11 is 0. The van der Waals surface area contributed by atoms with E-state index in [9.17, 15) is 0 Å². The molecule has 2 aromatic heterocycles. The van der Waals surface area contributed by atoms with Gasteiger partial charge in [0.05, 0.1) is 18.7 Å². The minimum absolute atomic E-state index is 0.477. The fourth-order valence-corrected chi connectivity index (χ4v) is 3.99. The van der Waals surface area contributed by atoms with Crippen molar-refractivity contribution in [3.05, 3.63) is 84.2 Å². The van der Waals surface area contributed by atoms with Crippen LogP contribution in [0.15, 0.2) is 72.8 Å². The normalized spacial score (nSPS) is 11.4. The largest absolute Gasteiger partial charge is 0.491 e. The third-order valence-electron chi connectivity index (χ3n) is 5.67. The summed E-state index contributed by atoms with van der Waals surface area (Å²) in [5.74, 6) is 2.90. The van der Waals surface area contributed by atoms with Gasteiger partial charge >= 0.3 is 0 Å². The van der Waals surface area contributed by atoms with Crippen molar-refractivity contribution in [2.75, 3.05) is 13.2 Å². The van der Waals surface area contributed by atoms with Gasteiger partial charge in [-0.3, -0.25) is 10.2 Å². The number of rotatable bonds is 10. The van der Waals surface area contributed by atoms with Crippen molar-refractivity contribution in [3.63, 3.8) is 0 Å². The Morgan fingerprint density at radius 2 is 1.71 bits per heavy atom. The number of H-pyrrole nitrogens is 2. The first-order chi connectivity index (χ1) is 17.2. The SMILES string of the molecule is CC(C)Cc1nc(-c2ccc3[nH]nc(-c4cccc(OCCOCc5ccccc5)c4)c3c2)n[nH]1. The zero-order chi connectivity index (χ0) is 24.0. The van der Waals surface area contributed by atoms with Crippen molar-refractivity contribution >= 4 is 10.9 Å². The van der Waals surface area contributed by atoms with E-state index in [1.807, 2.05) is 54.6 Å². The summed E-state index contributed by atoms with van der Waals surface area (Å²) in [7, 11) is 0. The molecular formula is C28H29N5O2. The molecule has 3 aromatic carbocycles. The molecule has 35 heavy (non-hydrogen) atoms. The second kappa shape index (κ2) is 10.5. The fraction of sp³-hybridized carbons (Fsp3) is 0.250. The molecule has 2 N–H and O–H groups in total. The molecule has 0 saturated carbocycles. The number of nitrogens with one attached hydrogen (secondary N) is 2. The summed E-state index contributed by atoms with van der Waals surface area (Å²) in [4.78, 5) is 4.67. The van der Waals surface area contributed by atoms with E-state index >= 15 is 0 Å². The average molecular weight is 468 g/mol. The molecule has 5 rings (SSSR count). The number of ether oxygens (including phenoxy) is 2. The Bertz CT molecular complexity index is 1390. The first-order valence-corrected chi connectivity index (χ1v) is 11.9. The van der Waals surface area contributed by atoms with Crippen LogP contribution in [0.4, 0.5) is 0 Å². The Kier molecular flexibility index (Phi) is 6.86. The molecule has 0 saturated heterocycles. The molecule has 0 spiro atoms. The van der Waals surface area contributed by atoms with E-state index in [1.54, 1.807) is 0 Å². The van der Waals surface area contributed by atoms with Crippen LogP contribution in [0.1, 0.15) is 25.2 Å². The lowest BCUT2D eigenvalue weighted by Gasteiger charge is -2.08. The van der Waals surface area contributed by atoms with Crippen LogP contribution in [0, 0.1) is 5.92 Å². The van der Waals surface area contributed by atoms with Gasteiger partial charge in [-0.15, -0.1) is 0 Å². The van der Waals surface area contributed by atoms with E-state index in [1.165, 1.54) is 0 Å². The molecule has 2 heterocycles. The summed E-state index contributed by atoms with van der Waals surface area (Å²) in [6.07, 6.45) is 0.871. The van der Waals surface area contributed by atoms with Crippen molar-refractivity contribution in [3.8, 4) is 28.4 Å². The smallest absolute Gasteiger partial charge is 0.181 e. The zero-order valence-electron chi connectivity index (χ0n) is 20.0. The van der Waals surface area contributed by atoms with E-state index in [-0.39, 0.29) is 0 Å². The molecule has 0 atom stereocenters. The third-order valence-corrected chi connectivity index (χ3v) is 5.67. The first-order valence-electron chi connectivity index (χ1n) is 11.9. The second-order valence-electron chi connectivity index (χ2n) is 8.95. The maximum Gasteiger partial charge on any atom is 0.181 e. The Morgan fingerprint density at radius 3 is 2.57 bits per heavy atom. The molecule has 0 aliphatic heterocycles. The molecule has 5 aromatic rings. The van der Waals surface area contributed by atoms with Crippen molar-refractivity contribution in [1.29, 1.82) is 0 Å². The summed E-state index contributed by atoms with van der Waals surface area (Å²) in [5, 5.41) is 16.2. The van der Waals surface area contributed by atoms with E-state index in [0.717, 1.165) is 51.3 Å². The highest BCUT2D eigenvalue weighted by atomic mass is 16.5. The van der Waals surface area contributed by atoms with Gasteiger partial charge in [-0.1, -0.05) is 56.3 Å². The van der Waals surface area contributed by atoms with E-state index in [4.69, 9.17) is 9.47 Å². The zero-order valence-corrected chi connectivity index (χ0v) is 20.0. The fourth-order valence-electron chi connectivity index (χ4n) is 3.99. The number of fused-ring (bicyclic) bond motifs is 1. The van der Waals surface area contributed by atoms with Crippen LogP contribution in [-0.2, 0) is 17.8 Å². The summed E-state index contributed by atoms with van der Waals surface area (Å²) < 4.78 is 11.7. The second-order valence-corrected chi connectivity index (χ2v) is 8.95. The topological polar surface area (TPSA) is 88.7 Å². The highest BCUT2D eigenvalue weighted by Gasteiger charge is 2.13. The van der Waals surface area contributed by atoms with E-state index < -0.39 is 0 Å². The van der Waals surface area contributed by atoms with Crippen LogP contribution in [0.3, 0.4) is 0 Å². The first kappa shape index (κ1) is 22.8. The third kappa shape index (κ3) is 5.58. The molecule has 0 bridgehead atoms. The van der Waals surface area contributed by atoms with Gasteiger partial charge in [-0.2, -0.15) is 10.2 Å². The molecule has 7 nitrogen and oxygen atoms in total. The van der Waals surface area contributed by atoms with Crippen LogP contribution < -0.4 is 4.74 Å². The Morgan fingerprint density at radius 1 is 0.829 bits per heavy atom. The Labute approximate surface area is 204 Å². The lowest BCUT2D eigenvalue weighted by atomic mass is 10.1. The van der Waals surface area contributed by atoms with Crippen molar-refractivity contribution in [2.45, 2.75) is 26.9 Å². The minimum Gasteiger partial charge on any atom is -0.491 e. The van der Waals surface area contributed by atoms with Gasteiger partial charge in [0.25, 0.3) is 0 Å². The quantitative estimate of drug-likeness (QED) is 0.253. The van der Waals surface area contributed by atoms with Crippen LogP contribution in [0.5, 0.6) is 5.75 Å². The standard InChI is InChI=1S/C28H29N5O2/c1-19(2)15-26-29-28(33-31-26)22-11-12-25-24(17-22)27(32-30-25)21-9-6-10-23(16-21)35-14-13-34-18-20-7-4-3-5-8-20/h3-12,16-17,19H,13-15,18H2,1-2H3,(H,30,32)(H,29,31,33). The van der Waals surface area contributed by atoms with Crippen molar-refractivity contribution in [2.24, 2.45) is 5.92 Å². The Hall–Kier alpha value is -3.97. The van der Waals surface area contributed by atoms with Gasteiger partial charge in [0.1, 0.15) is 23.9 Å². The summed E-state index contributed by atoms with van der Waals surface area (Å²) in [6, 6.07) is 24.2. The molecule has 0 fully saturated rings. The molecule has 7 heteroatoms. The van der Waals surface area contributed by atoms with Crippen LogP contribution in [-0.4, -0.2) is 38.6 Å². The Balaban J connectivity index is 1.28. The predicted molar refractivity (Wildman–Crippen MR) is 137 cm³/mol. The summed E-state index contributed by atoms with van der Waals surface area (Å²) in [6.45, 7) is 5.91. The molecule has 0 radical (unpaired) electrons. The van der Waals surface area contributed by atoms with Gasteiger partial charge in [-0.05, 0) is 41.8 Å². The van der Waals surface area contributed by atoms with Gasteiger partial charge in [0.15, 0.2) is 5.82 Å². The molecule has 0 aliphatic rings. The van der Waals surface area contributed by atoms with Gasteiger partial charge in [0.2, 0.25) is 0 Å². The van der Waals surface area contributed by atoms with Gasteiger partial charge in [-0.25, -0.2) is 4.98 Å². The minimum atomic E-state index is 0.477. The lowest BCUT2D eigenvalue weighted by Crippen LogP contribution is -2.06. The van der Waals surface area contributed by atoms with Crippen LogP contribution >= 0.6 is 0 Å². The predicted octanol–water partition coefficient (Wildman–Crippen LogP) is 5.81. The van der Waals surface area contributed by atoms with Crippen molar-refractivity contribution < 1.29 is 9.47 Å². The molecule has 0 amide bonds. The highest BCUT2D eigenvalue weighted by Crippen LogP contribution is 2.31. The number of aromatic amines is 2.